The highest BCUT2D eigenvalue weighted by atomic mass is 16.4. The van der Waals surface area contributed by atoms with Crippen LogP contribution in [0.1, 0.15) is 17.9 Å². The number of aryl methyl sites for hydroxylation is 2. The van der Waals surface area contributed by atoms with Crippen molar-refractivity contribution >= 4 is 0 Å². The summed E-state index contributed by atoms with van der Waals surface area (Å²) in [6.45, 7) is 2.89. The van der Waals surface area contributed by atoms with Gasteiger partial charge in [0.2, 0.25) is 0 Å². The highest BCUT2D eigenvalue weighted by molar-refractivity contribution is 5.44. The molecular weight excluding hydrogens is 204 g/mol. The first kappa shape index (κ1) is 11.0. The van der Waals surface area contributed by atoms with E-state index < -0.39 is 0 Å². The molecular formula is C12H16N2O2. The van der Waals surface area contributed by atoms with Gasteiger partial charge in [-0.25, -0.2) is 4.98 Å². The molecule has 0 fully saturated rings. The van der Waals surface area contributed by atoms with E-state index in [1.807, 2.05) is 26.1 Å². The van der Waals surface area contributed by atoms with Crippen LogP contribution in [0.15, 0.2) is 27.2 Å². The molecule has 2 heterocycles. The van der Waals surface area contributed by atoms with E-state index in [1.165, 1.54) is 0 Å². The van der Waals surface area contributed by atoms with Crippen LogP contribution in [0, 0.1) is 6.92 Å². The summed E-state index contributed by atoms with van der Waals surface area (Å²) in [6.07, 6.45) is 3.67. The molecule has 0 aliphatic rings. The highest BCUT2D eigenvalue weighted by Gasteiger charge is 2.09. The van der Waals surface area contributed by atoms with Gasteiger partial charge in [-0.15, -0.1) is 0 Å². The van der Waals surface area contributed by atoms with E-state index in [2.05, 4.69) is 10.3 Å². The van der Waals surface area contributed by atoms with E-state index >= 15 is 0 Å². The Hall–Kier alpha value is -1.55. The van der Waals surface area contributed by atoms with Gasteiger partial charge in [-0.1, -0.05) is 0 Å². The Morgan fingerprint density at radius 3 is 2.94 bits per heavy atom. The predicted octanol–water partition coefficient (Wildman–Crippen LogP) is 2.40. The largest absolute Gasteiger partial charge is 0.456 e. The molecule has 4 heteroatoms. The SMILES string of the molecule is CNCCCc1coc(-c2ccc(C)o2)n1. The number of aromatic nitrogens is 1. The second kappa shape index (κ2) is 4.99. The van der Waals surface area contributed by atoms with Crippen LogP contribution < -0.4 is 5.32 Å². The maximum absolute atomic E-state index is 5.44. The fourth-order valence-corrected chi connectivity index (χ4v) is 1.53. The fraction of sp³-hybridized carbons (Fsp3) is 0.417. The minimum atomic E-state index is 0.563. The molecule has 0 aliphatic heterocycles. The Balaban J connectivity index is 2.02. The van der Waals surface area contributed by atoms with Crippen LogP contribution in [0.2, 0.25) is 0 Å². The van der Waals surface area contributed by atoms with Crippen molar-refractivity contribution in [2.45, 2.75) is 19.8 Å². The minimum absolute atomic E-state index is 0.563. The van der Waals surface area contributed by atoms with Crippen LogP contribution in [0.25, 0.3) is 11.7 Å². The van der Waals surface area contributed by atoms with Crippen molar-refractivity contribution in [1.82, 2.24) is 10.3 Å². The molecule has 1 N–H and O–H groups in total. The topological polar surface area (TPSA) is 51.2 Å². The van der Waals surface area contributed by atoms with Gasteiger partial charge in [0.15, 0.2) is 5.76 Å². The third-order valence-electron chi connectivity index (χ3n) is 2.36. The van der Waals surface area contributed by atoms with Crippen molar-refractivity contribution in [3.05, 3.63) is 29.9 Å². The predicted molar refractivity (Wildman–Crippen MR) is 61.2 cm³/mol. The second-order valence-corrected chi connectivity index (χ2v) is 3.76. The van der Waals surface area contributed by atoms with Gasteiger partial charge in [-0.2, -0.15) is 0 Å². The van der Waals surface area contributed by atoms with Gasteiger partial charge in [0.05, 0.1) is 5.69 Å². The van der Waals surface area contributed by atoms with E-state index in [-0.39, 0.29) is 0 Å². The molecule has 16 heavy (non-hydrogen) atoms. The average Bonchev–Trinajstić information content (AvgIpc) is 2.87. The van der Waals surface area contributed by atoms with E-state index in [0.29, 0.717) is 11.7 Å². The molecule has 0 spiro atoms. The van der Waals surface area contributed by atoms with Gasteiger partial charge in [0, 0.05) is 0 Å². The average molecular weight is 220 g/mol. The number of furan rings is 1. The molecule has 4 nitrogen and oxygen atoms in total. The molecule has 2 rings (SSSR count). The van der Waals surface area contributed by atoms with Crippen molar-refractivity contribution in [3.8, 4) is 11.7 Å². The molecule has 0 bridgehead atoms. The lowest BCUT2D eigenvalue weighted by atomic mass is 10.2. The molecule has 0 radical (unpaired) electrons. The van der Waals surface area contributed by atoms with Crippen LogP contribution in [0.5, 0.6) is 0 Å². The molecule has 0 saturated carbocycles. The summed E-state index contributed by atoms with van der Waals surface area (Å²) < 4.78 is 10.8. The van der Waals surface area contributed by atoms with Crippen LogP contribution in [0.3, 0.4) is 0 Å². The van der Waals surface area contributed by atoms with Crippen molar-refractivity contribution in [2.75, 3.05) is 13.6 Å². The molecule has 2 aromatic rings. The summed E-state index contributed by atoms with van der Waals surface area (Å²) in [6, 6.07) is 3.78. The third-order valence-corrected chi connectivity index (χ3v) is 2.36. The van der Waals surface area contributed by atoms with Crippen molar-refractivity contribution in [3.63, 3.8) is 0 Å². The van der Waals surface area contributed by atoms with Gasteiger partial charge in [0.1, 0.15) is 12.0 Å². The molecule has 86 valence electrons. The van der Waals surface area contributed by atoms with Crippen molar-refractivity contribution in [1.29, 1.82) is 0 Å². The lowest BCUT2D eigenvalue weighted by molar-refractivity contribution is 0.501. The molecule has 2 aromatic heterocycles. The molecule has 0 aliphatic carbocycles. The third kappa shape index (κ3) is 2.52. The standard InChI is InChI=1S/C12H16N2O2/c1-9-5-6-11(16-9)12-14-10(8-15-12)4-3-7-13-2/h5-6,8,13H,3-4,7H2,1-2H3. The summed E-state index contributed by atoms with van der Waals surface area (Å²) >= 11 is 0. The number of hydrogen-bond acceptors (Lipinski definition) is 4. The summed E-state index contributed by atoms with van der Waals surface area (Å²) in [4.78, 5) is 4.38. The van der Waals surface area contributed by atoms with E-state index in [9.17, 15) is 0 Å². The van der Waals surface area contributed by atoms with Gasteiger partial charge < -0.3 is 14.2 Å². The number of hydrogen-bond donors (Lipinski definition) is 1. The molecule has 0 unspecified atom stereocenters. The maximum atomic E-state index is 5.44. The summed E-state index contributed by atoms with van der Waals surface area (Å²) in [5.41, 5.74) is 0.972. The zero-order valence-electron chi connectivity index (χ0n) is 9.62. The van der Waals surface area contributed by atoms with Gasteiger partial charge >= 0.3 is 0 Å². The Kier molecular flexibility index (Phi) is 3.41. The lowest BCUT2D eigenvalue weighted by Crippen LogP contribution is -2.08. The van der Waals surface area contributed by atoms with Crippen LogP contribution in [-0.4, -0.2) is 18.6 Å². The highest BCUT2D eigenvalue weighted by Crippen LogP contribution is 2.21. The van der Waals surface area contributed by atoms with Crippen LogP contribution >= 0.6 is 0 Å². The van der Waals surface area contributed by atoms with E-state index in [1.54, 1.807) is 6.26 Å². The van der Waals surface area contributed by atoms with Crippen molar-refractivity contribution < 1.29 is 8.83 Å². The fourth-order valence-electron chi connectivity index (χ4n) is 1.53. The number of oxazole rings is 1. The summed E-state index contributed by atoms with van der Waals surface area (Å²) in [5.74, 6) is 2.12. The van der Waals surface area contributed by atoms with Crippen molar-refractivity contribution in [2.24, 2.45) is 0 Å². The first-order valence-corrected chi connectivity index (χ1v) is 5.45. The molecule has 0 atom stereocenters. The summed E-state index contributed by atoms with van der Waals surface area (Å²) in [5, 5.41) is 3.10. The Morgan fingerprint density at radius 1 is 1.38 bits per heavy atom. The lowest BCUT2D eigenvalue weighted by Gasteiger charge is -1.94. The van der Waals surface area contributed by atoms with Crippen LogP contribution in [0.4, 0.5) is 0 Å². The quantitative estimate of drug-likeness (QED) is 0.786. The monoisotopic (exact) mass is 220 g/mol. The minimum Gasteiger partial charge on any atom is -0.456 e. The van der Waals surface area contributed by atoms with Gasteiger partial charge in [0.25, 0.3) is 5.89 Å². The molecule has 0 aromatic carbocycles. The molecule has 0 amide bonds. The Labute approximate surface area is 94.7 Å². The maximum Gasteiger partial charge on any atom is 0.262 e. The smallest absolute Gasteiger partial charge is 0.262 e. The number of nitrogens with one attached hydrogen (secondary N) is 1. The first-order chi connectivity index (χ1) is 7.79. The van der Waals surface area contributed by atoms with E-state index in [4.69, 9.17) is 8.83 Å². The second-order valence-electron chi connectivity index (χ2n) is 3.76. The Bertz CT molecular complexity index is 445. The Morgan fingerprint density at radius 2 is 2.25 bits per heavy atom. The first-order valence-electron chi connectivity index (χ1n) is 5.45. The van der Waals surface area contributed by atoms with Gasteiger partial charge in [-0.05, 0) is 45.5 Å². The normalized spacial score (nSPS) is 10.9. The van der Waals surface area contributed by atoms with Crippen LogP contribution in [-0.2, 0) is 6.42 Å². The summed E-state index contributed by atoms with van der Waals surface area (Å²) in [7, 11) is 1.94. The molecule has 0 saturated heterocycles. The number of rotatable bonds is 5. The number of nitrogens with zero attached hydrogens (tertiary/aromatic N) is 1. The zero-order chi connectivity index (χ0) is 11.4. The van der Waals surface area contributed by atoms with E-state index in [0.717, 1.165) is 30.8 Å². The van der Waals surface area contributed by atoms with Gasteiger partial charge in [-0.3, -0.25) is 0 Å². The zero-order valence-corrected chi connectivity index (χ0v) is 9.62.